The van der Waals surface area contributed by atoms with E-state index in [1.165, 1.54) is 35.5 Å². The molecule has 3 rings (SSSR count). The van der Waals surface area contributed by atoms with Gasteiger partial charge in [-0.05, 0) is 24.6 Å². The Morgan fingerprint density at radius 1 is 0.931 bits per heavy atom. The summed E-state index contributed by atoms with van der Waals surface area (Å²) in [4.78, 5) is 25.4. The van der Waals surface area contributed by atoms with Gasteiger partial charge in [0.1, 0.15) is 6.61 Å². The highest BCUT2D eigenvalue weighted by molar-refractivity contribution is 7.89. The Balaban J connectivity index is 1.51. The number of piperazine rings is 1. The van der Waals surface area contributed by atoms with Gasteiger partial charge in [-0.1, -0.05) is 42.5 Å². The number of hydrogen-bond acceptors (Lipinski definition) is 5. The van der Waals surface area contributed by atoms with Gasteiger partial charge in [-0.15, -0.1) is 0 Å². The van der Waals surface area contributed by atoms with Crippen LogP contribution in [0, 0.1) is 0 Å². The molecule has 0 bridgehead atoms. The summed E-state index contributed by atoms with van der Waals surface area (Å²) in [5, 5.41) is 0. The van der Waals surface area contributed by atoms with Crippen LogP contribution in [0.15, 0.2) is 59.5 Å². The SMILES string of the molecule is CC(=O)c1ccc(S(=O)(=O)N2CCN(C(=O)COCc3ccccc3)CC2)cc1. The topological polar surface area (TPSA) is 84.0 Å². The monoisotopic (exact) mass is 416 g/mol. The van der Waals surface area contributed by atoms with Crippen molar-refractivity contribution in [3.63, 3.8) is 0 Å². The number of ketones is 1. The molecule has 0 aromatic heterocycles. The third kappa shape index (κ3) is 5.29. The van der Waals surface area contributed by atoms with E-state index in [9.17, 15) is 18.0 Å². The molecule has 1 saturated heterocycles. The highest BCUT2D eigenvalue weighted by atomic mass is 32.2. The number of amides is 1. The Labute approximate surface area is 170 Å². The fourth-order valence-corrected chi connectivity index (χ4v) is 4.53. The second kappa shape index (κ2) is 9.30. The Bertz CT molecular complexity index is 950. The highest BCUT2D eigenvalue weighted by Gasteiger charge is 2.30. The van der Waals surface area contributed by atoms with Gasteiger partial charge in [-0.3, -0.25) is 9.59 Å². The molecule has 29 heavy (non-hydrogen) atoms. The third-order valence-electron chi connectivity index (χ3n) is 4.83. The first kappa shape index (κ1) is 21.2. The molecule has 1 heterocycles. The minimum atomic E-state index is -3.65. The van der Waals surface area contributed by atoms with Gasteiger partial charge in [0.2, 0.25) is 15.9 Å². The zero-order valence-electron chi connectivity index (χ0n) is 16.3. The van der Waals surface area contributed by atoms with Crippen LogP contribution in [-0.2, 0) is 26.2 Å². The molecule has 154 valence electrons. The predicted octanol–water partition coefficient (Wildman–Crippen LogP) is 1.94. The molecule has 0 aliphatic carbocycles. The summed E-state index contributed by atoms with van der Waals surface area (Å²) in [7, 11) is -3.65. The second-order valence-electron chi connectivity index (χ2n) is 6.84. The number of ether oxygens (including phenoxy) is 1. The van der Waals surface area contributed by atoms with Crippen molar-refractivity contribution in [2.24, 2.45) is 0 Å². The van der Waals surface area contributed by atoms with E-state index in [-0.39, 0.29) is 36.3 Å². The molecule has 0 unspecified atom stereocenters. The minimum Gasteiger partial charge on any atom is -0.367 e. The smallest absolute Gasteiger partial charge is 0.248 e. The van der Waals surface area contributed by atoms with Gasteiger partial charge >= 0.3 is 0 Å². The summed E-state index contributed by atoms with van der Waals surface area (Å²) in [6.45, 7) is 2.84. The van der Waals surface area contributed by atoms with Gasteiger partial charge in [0.25, 0.3) is 0 Å². The first-order chi connectivity index (χ1) is 13.9. The molecule has 0 N–H and O–H groups in total. The summed E-state index contributed by atoms with van der Waals surface area (Å²) >= 11 is 0. The van der Waals surface area contributed by atoms with Crippen LogP contribution in [-0.4, -0.2) is 62.1 Å². The van der Waals surface area contributed by atoms with Crippen molar-refractivity contribution >= 4 is 21.7 Å². The molecule has 0 atom stereocenters. The number of carbonyl (C=O) groups is 2. The van der Waals surface area contributed by atoms with Crippen molar-refractivity contribution < 1.29 is 22.7 Å². The van der Waals surface area contributed by atoms with Gasteiger partial charge < -0.3 is 9.64 Å². The Hall–Kier alpha value is -2.55. The van der Waals surface area contributed by atoms with Gasteiger partial charge in [0.05, 0.1) is 11.5 Å². The third-order valence-corrected chi connectivity index (χ3v) is 6.74. The maximum Gasteiger partial charge on any atom is 0.248 e. The maximum atomic E-state index is 12.8. The Morgan fingerprint density at radius 2 is 1.55 bits per heavy atom. The van der Waals surface area contributed by atoms with Crippen molar-refractivity contribution in [2.45, 2.75) is 18.4 Å². The van der Waals surface area contributed by atoms with Gasteiger partial charge in [-0.25, -0.2) is 8.42 Å². The number of rotatable bonds is 7. The molecule has 0 saturated carbocycles. The molecule has 8 heteroatoms. The average molecular weight is 416 g/mol. The minimum absolute atomic E-state index is 0.0336. The lowest BCUT2D eigenvalue weighted by molar-refractivity contribution is -0.137. The van der Waals surface area contributed by atoms with Crippen LogP contribution in [0.25, 0.3) is 0 Å². The fraction of sp³-hybridized carbons (Fsp3) is 0.333. The lowest BCUT2D eigenvalue weighted by Crippen LogP contribution is -2.51. The largest absolute Gasteiger partial charge is 0.367 e. The van der Waals surface area contributed by atoms with Crippen molar-refractivity contribution in [3.05, 3.63) is 65.7 Å². The predicted molar refractivity (Wildman–Crippen MR) is 108 cm³/mol. The van der Waals surface area contributed by atoms with Crippen molar-refractivity contribution in [1.82, 2.24) is 9.21 Å². The standard InChI is InChI=1S/C21H24N2O5S/c1-17(24)19-7-9-20(10-8-19)29(26,27)23-13-11-22(12-14-23)21(25)16-28-15-18-5-3-2-4-6-18/h2-10H,11-16H2,1H3. The van der Waals surface area contributed by atoms with Gasteiger partial charge in [0, 0.05) is 31.7 Å². The van der Waals surface area contributed by atoms with E-state index >= 15 is 0 Å². The lowest BCUT2D eigenvalue weighted by atomic mass is 10.2. The first-order valence-corrected chi connectivity index (χ1v) is 10.8. The quantitative estimate of drug-likeness (QED) is 0.644. The van der Waals surface area contributed by atoms with Crippen LogP contribution in [0.1, 0.15) is 22.8 Å². The van der Waals surface area contributed by atoms with E-state index in [1.54, 1.807) is 4.90 Å². The summed E-state index contributed by atoms with van der Waals surface area (Å²) < 4.78 is 32.4. The fourth-order valence-electron chi connectivity index (χ4n) is 3.11. The molecule has 0 spiro atoms. The zero-order chi connectivity index (χ0) is 20.9. The molecule has 1 aliphatic rings. The number of nitrogens with zero attached hydrogens (tertiary/aromatic N) is 2. The number of sulfonamides is 1. The summed E-state index contributed by atoms with van der Waals surface area (Å²) in [5.41, 5.74) is 1.46. The molecule has 7 nitrogen and oxygen atoms in total. The second-order valence-corrected chi connectivity index (χ2v) is 8.78. The molecule has 2 aromatic carbocycles. The number of carbonyl (C=O) groups excluding carboxylic acids is 2. The van der Waals surface area contributed by atoms with E-state index in [0.717, 1.165) is 5.56 Å². The van der Waals surface area contributed by atoms with Crippen LogP contribution < -0.4 is 0 Å². The van der Waals surface area contributed by atoms with Crippen LogP contribution in [0.3, 0.4) is 0 Å². The number of Topliss-reactive ketones (excluding diaryl/α,β-unsaturated/α-hetero) is 1. The van der Waals surface area contributed by atoms with Gasteiger partial charge in [-0.2, -0.15) is 4.31 Å². The van der Waals surface area contributed by atoms with Gasteiger partial charge in [0.15, 0.2) is 5.78 Å². The van der Waals surface area contributed by atoms with E-state index in [4.69, 9.17) is 4.74 Å². The number of hydrogen-bond donors (Lipinski definition) is 0. The van der Waals surface area contributed by atoms with Crippen LogP contribution >= 0.6 is 0 Å². The molecule has 0 radical (unpaired) electrons. The van der Waals surface area contributed by atoms with E-state index in [2.05, 4.69) is 0 Å². The Kier molecular flexibility index (Phi) is 6.79. The molecule has 2 aromatic rings. The first-order valence-electron chi connectivity index (χ1n) is 9.38. The normalized spacial score (nSPS) is 15.3. The van der Waals surface area contributed by atoms with Crippen LogP contribution in [0.5, 0.6) is 0 Å². The number of benzene rings is 2. The van der Waals surface area contributed by atoms with Crippen LogP contribution in [0.2, 0.25) is 0 Å². The molecular formula is C21H24N2O5S. The summed E-state index contributed by atoms with van der Waals surface area (Å²) in [6, 6.07) is 15.5. The Morgan fingerprint density at radius 3 is 2.14 bits per heavy atom. The average Bonchev–Trinajstić information content (AvgIpc) is 2.74. The van der Waals surface area contributed by atoms with E-state index in [1.807, 2.05) is 30.3 Å². The maximum absolute atomic E-state index is 12.8. The van der Waals surface area contributed by atoms with Crippen molar-refractivity contribution in [2.75, 3.05) is 32.8 Å². The van der Waals surface area contributed by atoms with E-state index in [0.29, 0.717) is 25.3 Å². The molecule has 1 aliphatic heterocycles. The molecule has 1 fully saturated rings. The summed E-state index contributed by atoms with van der Waals surface area (Å²) in [5.74, 6) is -0.264. The zero-order valence-corrected chi connectivity index (χ0v) is 17.1. The molecule has 1 amide bonds. The van der Waals surface area contributed by atoms with Crippen molar-refractivity contribution in [1.29, 1.82) is 0 Å². The lowest BCUT2D eigenvalue weighted by Gasteiger charge is -2.34. The van der Waals surface area contributed by atoms with E-state index < -0.39 is 10.0 Å². The van der Waals surface area contributed by atoms with Crippen molar-refractivity contribution in [3.8, 4) is 0 Å². The molecular weight excluding hydrogens is 392 g/mol. The summed E-state index contributed by atoms with van der Waals surface area (Å²) in [6.07, 6.45) is 0. The highest BCUT2D eigenvalue weighted by Crippen LogP contribution is 2.18. The van der Waals surface area contributed by atoms with Crippen LogP contribution in [0.4, 0.5) is 0 Å².